The largest absolute Gasteiger partial charge is 0.480 e. The molecule has 0 radical (unpaired) electrons. The van der Waals surface area contributed by atoms with E-state index in [0.717, 1.165) is 44.9 Å². The Balaban J connectivity index is 1.50. The molecule has 3 amide bonds. The van der Waals surface area contributed by atoms with E-state index in [2.05, 4.69) is 10.6 Å². The smallest absolute Gasteiger partial charge is 0.323 e. The van der Waals surface area contributed by atoms with Crippen molar-refractivity contribution < 1.29 is 19.5 Å². The van der Waals surface area contributed by atoms with Crippen LogP contribution in [0.1, 0.15) is 70.6 Å². The van der Waals surface area contributed by atoms with Crippen LogP contribution in [0.2, 0.25) is 0 Å². The predicted molar refractivity (Wildman–Crippen MR) is 94.2 cm³/mol. The van der Waals surface area contributed by atoms with E-state index in [-0.39, 0.29) is 24.5 Å². The third-order valence-corrected chi connectivity index (χ3v) is 4.91. The molecule has 2 aliphatic rings. The van der Waals surface area contributed by atoms with E-state index in [1.165, 1.54) is 24.2 Å². The van der Waals surface area contributed by atoms with Crippen LogP contribution in [0.15, 0.2) is 0 Å². The molecule has 0 saturated heterocycles. The van der Waals surface area contributed by atoms with Crippen LogP contribution in [0.4, 0.5) is 4.79 Å². The summed E-state index contributed by atoms with van der Waals surface area (Å²) in [7, 11) is 0. The number of unbranched alkanes of at least 4 members (excludes halogenated alkanes) is 2. The minimum absolute atomic E-state index is 0.0621. The fourth-order valence-corrected chi connectivity index (χ4v) is 3.36. The van der Waals surface area contributed by atoms with Gasteiger partial charge in [0.15, 0.2) is 0 Å². The normalized spacial score (nSPS) is 17.8. The zero-order valence-electron chi connectivity index (χ0n) is 15.0. The lowest BCUT2D eigenvalue weighted by molar-refractivity contribution is -0.145. The number of hydrogen-bond acceptors (Lipinski definition) is 3. The second-order valence-electron chi connectivity index (χ2n) is 7.19. The van der Waals surface area contributed by atoms with E-state index in [0.29, 0.717) is 19.0 Å². The molecular formula is C18H31N3O4. The summed E-state index contributed by atoms with van der Waals surface area (Å²) < 4.78 is 0. The number of urea groups is 1. The summed E-state index contributed by atoms with van der Waals surface area (Å²) in [4.78, 5) is 36.2. The van der Waals surface area contributed by atoms with Gasteiger partial charge in [-0.15, -0.1) is 0 Å². The Labute approximate surface area is 149 Å². The van der Waals surface area contributed by atoms with Gasteiger partial charge in [0.25, 0.3) is 0 Å². The average Bonchev–Trinajstić information content (AvgIpc) is 3.41. The molecule has 0 heterocycles. The molecule has 0 aromatic heterocycles. The van der Waals surface area contributed by atoms with E-state index in [1.54, 1.807) is 0 Å². The van der Waals surface area contributed by atoms with Crippen LogP contribution in [-0.2, 0) is 9.59 Å². The molecule has 0 atom stereocenters. The van der Waals surface area contributed by atoms with E-state index in [1.807, 2.05) is 0 Å². The lowest BCUT2D eigenvalue weighted by Gasteiger charge is -2.22. The summed E-state index contributed by atoms with van der Waals surface area (Å²) in [5.41, 5.74) is 0. The van der Waals surface area contributed by atoms with E-state index < -0.39 is 5.97 Å². The molecule has 0 unspecified atom stereocenters. The van der Waals surface area contributed by atoms with Crippen molar-refractivity contribution in [3.8, 4) is 0 Å². The molecule has 0 bridgehead atoms. The average molecular weight is 353 g/mol. The Morgan fingerprint density at radius 2 is 1.68 bits per heavy atom. The van der Waals surface area contributed by atoms with Crippen LogP contribution < -0.4 is 10.6 Å². The summed E-state index contributed by atoms with van der Waals surface area (Å²) in [5.74, 6) is -1.01. The zero-order valence-corrected chi connectivity index (χ0v) is 15.0. The molecule has 2 aliphatic carbocycles. The van der Waals surface area contributed by atoms with Gasteiger partial charge < -0.3 is 20.6 Å². The summed E-state index contributed by atoms with van der Waals surface area (Å²) in [6.45, 7) is 0.417. The number of carbonyl (C=O) groups is 3. The first-order chi connectivity index (χ1) is 12.1. The Bertz CT molecular complexity index is 459. The van der Waals surface area contributed by atoms with Crippen LogP contribution in [0, 0.1) is 0 Å². The molecule has 142 valence electrons. The van der Waals surface area contributed by atoms with Gasteiger partial charge in [-0.2, -0.15) is 0 Å². The highest BCUT2D eigenvalue weighted by Gasteiger charge is 2.33. The molecule has 0 aromatic rings. The monoisotopic (exact) mass is 353 g/mol. The van der Waals surface area contributed by atoms with Gasteiger partial charge in [0.2, 0.25) is 5.91 Å². The number of nitrogens with zero attached hydrogens (tertiary/aromatic N) is 1. The van der Waals surface area contributed by atoms with Gasteiger partial charge in [-0.1, -0.05) is 25.7 Å². The van der Waals surface area contributed by atoms with E-state index in [9.17, 15) is 14.4 Å². The quantitative estimate of drug-likeness (QED) is 0.525. The molecule has 0 spiro atoms. The first-order valence-corrected chi connectivity index (χ1v) is 9.62. The van der Waals surface area contributed by atoms with Crippen LogP contribution in [-0.4, -0.2) is 53.1 Å². The fourth-order valence-electron chi connectivity index (χ4n) is 3.36. The second-order valence-corrected chi connectivity index (χ2v) is 7.19. The number of hydrogen-bond donors (Lipinski definition) is 3. The Morgan fingerprint density at radius 3 is 2.32 bits per heavy atom. The van der Waals surface area contributed by atoms with E-state index >= 15 is 0 Å². The first-order valence-electron chi connectivity index (χ1n) is 9.62. The summed E-state index contributed by atoms with van der Waals surface area (Å²) in [6.07, 6.45) is 10.4. The summed E-state index contributed by atoms with van der Waals surface area (Å²) in [6, 6.07) is 0.354. The SMILES string of the molecule is O=C(O)CN(C(=O)CCCCCNC(=O)NC1CCCCC1)C1CC1. The lowest BCUT2D eigenvalue weighted by Crippen LogP contribution is -2.43. The van der Waals surface area contributed by atoms with Gasteiger partial charge in [-0.05, 0) is 38.5 Å². The van der Waals surface area contributed by atoms with Crippen LogP contribution in [0.5, 0.6) is 0 Å². The first kappa shape index (κ1) is 19.5. The van der Waals surface area contributed by atoms with Crippen molar-refractivity contribution in [2.24, 2.45) is 0 Å². The minimum Gasteiger partial charge on any atom is -0.480 e. The van der Waals surface area contributed by atoms with Crippen molar-refractivity contribution in [2.45, 2.75) is 82.7 Å². The Hall–Kier alpha value is -1.79. The Kier molecular flexibility index (Phi) is 8.01. The topological polar surface area (TPSA) is 98.7 Å². The summed E-state index contributed by atoms with van der Waals surface area (Å²) >= 11 is 0. The molecule has 0 aliphatic heterocycles. The molecule has 2 fully saturated rings. The van der Waals surface area contributed by atoms with Crippen LogP contribution in [0.25, 0.3) is 0 Å². The predicted octanol–water partition coefficient (Wildman–Crippen LogP) is 2.25. The highest BCUT2D eigenvalue weighted by atomic mass is 16.4. The molecule has 2 rings (SSSR count). The number of aliphatic carboxylic acids is 1. The van der Waals surface area contributed by atoms with Crippen molar-refractivity contribution >= 4 is 17.9 Å². The number of carboxylic acids is 1. The highest BCUT2D eigenvalue weighted by Crippen LogP contribution is 2.27. The number of rotatable bonds is 10. The molecule has 2 saturated carbocycles. The maximum Gasteiger partial charge on any atom is 0.323 e. The van der Waals surface area contributed by atoms with Gasteiger partial charge in [-0.3, -0.25) is 9.59 Å². The van der Waals surface area contributed by atoms with Crippen molar-refractivity contribution in [3.05, 3.63) is 0 Å². The number of carbonyl (C=O) groups excluding carboxylic acids is 2. The third-order valence-electron chi connectivity index (χ3n) is 4.91. The number of amides is 3. The van der Waals surface area contributed by atoms with Crippen LogP contribution >= 0.6 is 0 Å². The van der Waals surface area contributed by atoms with Crippen molar-refractivity contribution in [1.29, 1.82) is 0 Å². The lowest BCUT2D eigenvalue weighted by atomic mass is 9.96. The summed E-state index contributed by atoms with van der Waals surface area (Å²) in [5, 5.41) is 14.8. The maximum atomic E-state index is 12.1. The standard InChI is InChI=1S/C18H31N3O4/c22-16(21(13-17(23)24)15-10-11-15)9-5-2-6-12-19-18(25)20-14-7-3-1-4-8-14/h14-15H,1-13H2,(H,23,24)(H2,19,20,25). The molecule has 7 nitrogen and oxygen atoms in total. The van der Waals surface area contributed by atoms with E-state index in [4.69, 9.17) is 5.11 Å². The fraction of sp³-hybridized carbons (Fsp3) is 0.833. The van der Waals surface area contributed by atoms with Crippen molar-refractivity contribution in [2.75, 3.05) is 13.1 Å². The molecule has 7 heteroatoms. The van der Waals surface area contributed by atoms with Crippen LogP contribution in [0.3, 0.4) is 0 Å². The second kappa shape index (κ2) is 10.3. The van der Waals surface area contributed by atoms with Crippen molar-refractivity contribution in [1.82, 2.24) is 15.5 Å². The minimum atomic E-state index is -0.951. The van der Waals surface area contributed by atoms with Gasteiger partial charge >= 0.3 is 12.0 Å². The van der Waals surface area contributed by atoms with Gasteiger partial charge in [0.05, 0.1) is 0 Å². The number of carboxylic acid groups (broad SMARTS) is 1. The molecular weight excluding hydrogens is 322 g/mol. The van der Waals surface area contributed by atoms with Gasteiger partial charge in [0.1, 0.15) is 6.54 Å². The van der Waals surface area contributed by atoms with Crippen molar-refractivity contribution in [3.63, 3.8) is 0 Å². The zero-order chi connectivity index (χ0) is 18.1. The maximum absolute atomic E-state index is 12.1. The van der Waals surface area contributed by atoms with Gasteiger partial charge in [-0.25, -0.2) is 4.79 Å². The van der Waals surface area contributed by atoms with Gasteiger partial charge in [0, 0.05) is 25.0 Å². The molecule has 3 N–H and O–H groups in total. The Morgan fingerprint density at radius 1 is 0.960 bits per heavy atom. The molecule has 0 aromatic carbocycles. The highest BCUT2D eigenvalue weighted by molar-refractivity contribution is 5.81. The molecule has 25 heavy (non-hydrogen) atoms. The number of nitrogens with one attached hydrogen (secondary N) is 2. The third kappa shape index (κ3) is 7.75.